The van der Waals surface area contributed by atoms with Gasteiger partial charge >= 0.3 is 0 Å². The van der Waals surface area contributed by atoms with E-state index in [-0.39, 0.29) is 5.82 Å². The summed E-state index contributed by atoms with van der Waals surface area (Å²) in [5, 5.41) is 0. The summed E-state index contributed by atoms with van der Waals surface area (Å²) >= 11 is 0. The van der Waals surface area contributed by atoms with Crippen molar-refractivity contribution in [3.8, 4) is 5.75 Å². The van der Waals surface area contributed by atoms with Crippen molar-refractivity contribution in [1.82, 2.24) is 0 Å². The maximum atomic E-state index is 13.7. The van der Waals surface area contributed by atoms with Crippen molar-refractivity contribution in [2.24, 2.45) is 0 Å². The molecular weight excluding hydrogens is 203 g/mol. The average Bonchev–Trinajstić information content (AvgIpc) is 2.31. The smallest absolute Gasteiger partial charge is 0.130 e. The fourth-order valence-corrected chi connectivity index (χ4v) is 1.91. The normalized spacial score (nSPS) is 15.9. The van der Waals surface area contributed by atoms with Crippen LogP contribution in [0.1, 0.15) is 24.8 Å². The molecule has 1 aliphatic carbocycles. The number of rotatable bonds is 2. The number of allylic oxidation sites excluding steroid dienone is 3. The monoisotopic (exact) mass is 218 g/mol. The van der Waals surface area contributed by atoms with Gasteiger partial charge in [0.1, 0.15) is 11.6 Å². The van der Waals surface area contributed by atoms with Crippen LogP contribution in [0.3, 0.4) is 0 Å². The van der Waals surface area contributed by atoms with Crippen molar-refractivity contribution in [3.05, 3.63) is 47.8 Å². The van der Waals surface area contributed by atoms with Crippen LogP contribution in [0.5, 0.6) is 5.75 Å². The summed E-state index contributed by atoms with van der Waals surface area (Å²) in [5.74, 6) is 0.515. The lowest BCUT2D eigenvalue weighted by molar-refractivity contribution is 0.413. The van der Waals surface area contributed by atoms with E-state index in [0.29, 0.717) is 11.3 Å². The predicted molar refractivity (Wildman–Crippen MR) is 63.9 cm³/mol. The van der Waals surface area contributed by atoms with Gasteiger partial charge in [0, 0.05) is 5.56 Å². The minimum absolute atomic E-state index is 0.181. The highest BCUT2D eigenvalue weighted by Gasteiger charge is 2.13. The quantitative estimate of drug-likeness (QED) is 0.683. The third-order valence-electron chi connectivity index (χ3n) is 2.90. The second-order valence-electron chi connectivity index (χ2n) is 4.03. The van der Waals surface area contributed by atoms with Crippen LogP contribution in [0.15, 0.2) is 36.4 Å². The summed E-state index contributed by atoms with van der Waals surface area (Å²) in [5.41, 5.74) is 2.93. The molecule has 1 aliphatic rings. The van der Waals surface area contributed by atoms with Gasteiger partial charge in [-0.2, -0.15) is 0 Å². The Morgan fingerprint density at radius 3 is 2.75 bits per heavy atom. The first kappa shape index (κ1) is 10.9. The Labute approximate surface area is 95.2 Å². The lowest BCUT2D eigenvalue weighted by Crippen LogP contribution is -1.97. The summed E-state index contributed by atoms with van der Waals surface area (Å²) in [7, 11) is 1.59. The zero-order valence-corrected chi connectivity index (χ0v) is 9.42. The fourth-order valence-electron chi connectivity index (χ4n) is 1.91. The van der Waals surface area contributed by atoms with E-state index in [4.69, 9.17) is 4.74 Å². The van der Waals surface area contributed by atoms with Crippen LogP contribution in [0.25, 0.3) is 5.57 Å². The first-order valence-corrected chi connectivity index (χ1v) is 5.40. The number of hydrogen-bond donors (Lipinski definition) is 0. The first-order chi connectivity index (χ1) is 7.70. The Balaban J connectivity index is 2.35. The van der Waals surface area contributed by atoms with Gasteiger partial charge in [-0.25, -0.2) is 4.39 Å². The molecule has 0 spiro atoms. The molecular formula is C14H15FO. The number of benzene rings is 1. The molecule has 84 valence electrons. The van der Waals surface area contributed by atoms with E-state index in [0.717, 1.165) is 24.8 Å². The van der Waals surface area contributed by atoms with Gasteiger partial charge in [0.05, 0.1) is 7.11 Å². The maximum absolute atomic E-state index is 13.7. The highest BCUT2D eigenvalue weighted by Crippen LogP contribution is 2.32. The second kappa shape index (κ2) is 4.52. The van der Waals surface area contributed by atoms with Gasteiger partial charge in [0.2, 0.25) is 0 Å². The number of hydrogen-bond acceptors (Lipinski definition) is 1. The topological polar surface area (TPSA) is 9.23 Å². The van der Waals surface area contributed by atoms with Gasteiger partial charge in [0.25, 0.3) is 0 Å². The summed E-state index contributed by atoms with van der Waals surface area (Å²) in [6.45, 7) is 3.94. The van der Waals surface area contributed by atoms with Crippen molar-refractivity contribution in [3.63, 3.8) is 0 Å². The largest absolute Gasteiger partial charge is 0.497 e. The molecule has 1 aromatic rings. The van der Waals surface area contributed by atoms with Crippen LogP contribution < -0.4 is 4.74 Å². The minimum atomic E-state index is -0.181. The van der Waals surface area contributed by atoms with Gasteiger partial charge in [-0.1, -0.05) is 18.2 Å². The summed E-state index contributed by atoms with van der Waals surface area (Å²) < 4.78 is 18.8. The molecule has 2 rings (SSSR count). The molecule has 0 radical (unpaired) electrons. The molecule has 0 atom stereocenters. The van der Waals surface area contributed by atoms with E-state index in [1.807, 2.05) is 0 Å². The Hall–Kier alpha value is -1.57. The molecule has 16 heavy (non-hydrogen) atoms. The third-order valence-corrected chi connectivity index (χ3v) is 2.90. The van der Waals surface area contributed by atoms with Gasteiger partial charge in [0.15, 0.2) is 0 Å². The predicted octanol–water partition coefficient (Wildman–Crippen LogP) is 3.96. The van der Waals surface area contributed by atoms with Crippen LogP contribution in [-0.4, -0.2) is 7.11 Å². The van der Waals surface area contributed by atoms with Crippen molar-refractivity contribution < 1.29 is 9.13 Å². The molecule has 0 saturated heterocycles. The van der Waals surface area contributed by atoms with Crippen LogP contribution in [0, 0.1) is 5.82 Å². The lowest BCUT2D eigenvalue weighted by Gasteiger charge is -2.16. The Morgan fingerprint density at radius 2 is 2.12 bits per heavy atom. The zero-order chi connectivity index (χ0) is 11.5. The van der Waals surface area contributed by atoms with E-state index in [1.54, 1.807) is 19.2 Å². The van der Waals surface area contributed by atoms with E-state index >= 15 is 0 Å². The Morgan fingerprint density at radius 1 is 1.31 bits per heavy atom. The second-order valence-corrected chi connectivity index (χ2v) is 4.03. The molecule has 1 nitrogen and oxygen atoms in total. The van der Waals surface area contributed by atoms with Crippen molar-refractivity contribution in [2.75, 3.05) is 7.11 Å². The number of halogens is 1. The van der Waals surface area contributed by atoms with Crippen molar-refractivity contribution in [2.45, 2.75) is 19.3 Å². The molecule has 0 saturated carbocycles. The standard InChI is InChI=1S/C14H15FO/c1-10-3-5-11(6-4-10)13-9-12(16-2)7-8-14(13)15/h5,7-9H,1,3-4,6H2,2H3. The van der Waals surface area contributed by atoms with E-state index in [1.165, 1.54) is 11.6 Å². The van der Waals surface area contributed by atoms with E-state index in [9.17, 15) is 4.39 Å². The van der Waals surface area contributed by atoms with Crippen molar-refractivity contribution >= 4 is 5.57 Å². The third kappa shape index (κ3) is 2.16. The lowest BCUT2D eigenvalue weighted by atomic mass is 9.91. The van der Waals surface area contributed by atoms with Gasteiger partial charge in [-0.15, -0.1) is 0 Å². The number of methoxy groups -OCH3 is 1. The molecule has 0 heterocycles. The van der Waals surface area contributed by atoms with Crippen LogP contribution in [0.4, 0.5) is 4.39 Å². The molecule has 2 heteroatoms. The SMILES string of the molecule is C=C1CC=C(c2cc(OC)ccc2F)CC1. The van der Waals surface area contributed by atoms with Crippen molar-refractivity contribution in [1.29, 1.82) is 0 Å². The molecule has 0 fully saturated rings. The molecule has 0 N–H and O–H groups in total. The molecule has 1 aromatic carbocycles. The summed E-state index contributed by atoms with van der Waals surface area (Å²) in [6, 6.07) is 4.86. The zero-order valence-electron chi connectivity index (χ0n) is 9.42. The molecule has 0 bridgehead atoms. The first-order valence-electron chi connectivity index (χ1n) is 5.40. The van der Waals surface area contributed by atoms with Crippen LogP contribution in [-0.2, 0) is 0 Å². The maximum Gasteiger partial charge on any atom is 0.130 e. The summed E-state index contributed by atoms with van der Waals surface area (Å²) in [4.78, 5) is 0. The summed E-state index contributed by atoms with van der Waals surface area (Å²) in [6.07, 6.45) is 4.72. The number of ether oxygens (including phenoxy) is 1. The van der Waals surface area contributed by atoms with Crippen LogP contribution in [0.2, 0.25) is 0 Å². The highest BCUT2D eigenvalue weighted by atomic mass is 19.1. The molecule has 0 unspecified atom stereocenters. The van der Waals surface area contributed by atoms with E-state index < -0.39 is 0 Å². The molecule has 0 aliphatic heterocycles. The highest BCUT2D eigenvalue weighted by molar-refractivity contribution is 5.68. The fraction of sp³-hybridized carbons (Fsp3) is 0.286. The van der Waals surface area contributed by atoms with Gasteiger partial charge < -0.3 is 4.74 Å². The average molecular weight is 218 g/mol. The van der Waals surface area contributed by atoms with E-state index in [2.05, 4.69) is 12.7 Å². The molecule has 0 aromatic heterocycles. The minimum Gasteiger partial charge on any atom is -0.497 e. The van der Waals surface area contributed by atoms with Gasteiger partial charge in [-0.3, -0.25) is 0 Å². The van der Waals surface area contributed by atoms with Gasteiger partial charge in [-0.05, 0) is 43.0 Å². The molecule has 0 amide bonds. The Bertz CT molecular complexity index is 446. The van der Waals surface area contributed by atoms with Crippen LogP contribution >= 0.6 is 0 Å². The Kier molecular flexibility index (Phi) is 3.09.